The third kappa shape index (κ3) is 3.78. The van der Waals surface area contributed by atoms with Gasteiger partial charge < -0.3 is 9.13 Å². The standard InChI is InChI=1S/C43H25N3S/c1-44-29-19-21-30(22-20-29)45-37-13-5-2-9-31(37)35-25-27(17-23-39(35)45)28-18-24-40-36(26-28)32-10-3-6-14-38(32)46(40)41-15-8-12-34-33-11-4-7-16-42(33)47-43(34)41/h2-26H. The number of benzene rings is 7. The molecule has 0 saturated heterocycles. The van der Waals surface area contributed by atoms with Crippen LogP contribution in [0.2, 0.25) is 0 Å². The zero-order valence-corrected chi connectivity index (χ0v) is 26.0. The molecule has 3 nitrogen and oxygen atoms in total. The molecule has 0 saturated carbocycles. The summed E-state index contributed by atoms with van der Waals surface area (Å²) in [5, 5.41) is 7.55. The molecular formula is C43H25N3S. The molecule has 0 N–H and O–H groups in total. The van der Waals surface area contributed by atoms with Gasteiger partial charge >= 0.3 is 0 Å². The number of aromatic nitrogens is 2. The van der Waals surface area contributed by atoms with Crippen molar-refractivity contribution in [1.82, 2.24) is 9.13 Å². The molecule has 0 unspecified atom stereocenters. The second-order valence-corrected chi connectivity index (χ2v) is 13.1. The highest BCUT2D eigenvalue weighted by atomic mass is 32.1. The fourth-order valence-electron chi connectivity index (χ4n) is 7.43. The van der Waals surface area contributed by atoms with Crippen LogP contribution in [0, 0.1) is 6.57 Å². The quantitative estimate of drug-likeness (QED) is 0.176. The van der Waals surface area contributed by atoms with Crippen molar-refractivity contribution >= 4 is 80.8 Å². The first-order valence-corrected chi connectivity index (χ1v) is 16.5. The monoisotopic (exact) mass is 615 g/mol. The number of para-hydroxylation sites is 2. The van der Waals surface area contributed by atoms with Crippen LogP contribution in [0.15, 0.2) is 152 Å². The fraction of sp³-hybridized carbons (Fsp3) is 0. The Morgan fingerprint density at radius 1 is 0.447 bits per heavy atom. The predicted octanol–water partition coefficient (Wildman–Crippen LogP) is 12.5. The first-order chi connectivity index (χ1) is 23.3. The van der Waals surface area contributed by atoms with E-state index in [9.17, 15) is 0 Å². The van der Waals surface area contributed by atoms with Gasteiger partial charge in [0.05, 0.1) is 39.0 Å². The van der Waals surface area contributed by atoms with E-state index >= 15 is 0 Å². The summed E-state index contributed by atoms with van der Waals surface area (Å²) in [6.45, 7) is 7.37. The topological polar surface area (TPSA) is 14.2 Å². The van der Waals surface area contributed by atoms with Crippen LogP contribution in [0.5, 0.6) is 0 Å². The van der Waals surface area contributed by atoms with Gasteiger partial charge in [-0.2, -0.15) is 0 Å². The number of hydrogen-bond donors (Lipinski definition) is 0. The van der Waals surface area contributed by atoms with Gasteiger partial charge in [0.15, 0.2) is 5.69 Å². The lowest BCUT2D eigenvalue weighted by atomic mass is 10.0. The van der Waals surface area contributed by atoms with Gasteiger partial charge in [-0.1, -0.05) is 91.0 Å². The molecule has 0 spiro atoms. The summed E-state index contributed by atoms with van der Waals surface area (Å²) in [6, 6.07) is 54.4. The second-order valence-electron chi connectivity index (χ2n) is 12.0. The normalized spacial score (nSPS) is 11.8. The van der Waals surface area contributed by atoms with Gasteiger partial charge in [0.25, 0.3) is 0 Å². The maximum atomic E-state index is 7.37. The van der Waals surface area contributed by atoms with Gasteiger partial charge in [0.2, 0.25) is 0 Å². The van der Waals surface area contributed by atoms with Crippen LogP contribution in [-0.4, -0.2) is 9.13 Å². The molecule has 7 aromatic carbocycles. The molecule has 10 rings (SSSR count). The third-order valence-corrected chi connectivity index (χ3v) is 10.7. The van der Waals surface area contributed by atoms with Gasteiger partial charge in [-0.25, -0.2) is 4.85 Å². The summed E-state index contributed by atoms with van der Waals surface area (Å²) in [6.07, 6.45) is 0. The van der Waals surface area contributed by atoms with E-state index in [1.807, 2.05) is 35.6 Å². The molecule has 3 aromatic heterocycles. The second kappa shape index (κ2) is 9.92. The van der Waals surface area contributed by atoms with E-state index in [1.165, 1.54) is 69.6 Å². The maximum Gasteiger partial charge on any atom is 0.187 e. The van der Waals surface area contributed by atoms with Crippen molar-refractivity contribution in [2.75, 3.05) is 0 Å². The average Bonchev–Trinajstić information content (AvgIpc) is 3.79. The molecule has 0 amide bonds. The number of fused-ring (bicyclic) bond motifs is 9. The van der Waals surface area contributed by atoms with E-state index in [-0.39, 0.29) is 0 Å². The van der Waals surface area contributed by atoms with Gasteiger partial charge in [-0.3, -0.25) is 0 Å². The highest BCUT2D eigenvalue weighted by molar-refractivity contribution is 7.26. The molecule has 4 heteroatoms. The smallest absolute Gasteiger partial charge is 0.187 e. The van der Waals surface area contributed by atoms with E-state index < -0.39 is 0 Å². The average molecular weight is 616 g/mol. The summed E-state index contributed by atoms with van der Waals surface area (Å²) in [4.78, 5) is 3.58. The molecule has 0 aliphatic rings. The molecule has 0 radical (unpaired) electrons. The Bertz CT molecular complexity index is 2910. The first-order valence-electron chi connectivity index (χ1n) is 15.7. The van der Waals surface area contributed by atoms with Crippen molar-refractivity contribution in [1.29, 1.82) is 0 Å². The van der Waals surface area contributed by atoms with Gasteiger partial charge in [0.1, 0.15) is 0 Å². The Balaban J connectivity index is 1.18. The van der Waals surface area contributed by atoms with Crippen molar-refractivity contribution in [3.05, 3.63) is 163 Å². The number of thiophene rings is 1. The summed E-state index contributed by atoms with van der Waals surface area (Å²) in [7, 11) is 0. The highest BCUT2D eigenvalue weighted by Crippen LogP contribution is 2.42. The zero-order valence-electron chi connectivity index (χ0n) is 25.2. The lowest BCUT2D eigenvalue weighted by Crippen LogP contribution is -1.94. The Morgan fingerprint density at radius 2 is 1.00 bits per heavy atom. The summed E-state index contributed by atoms with van der Waals surface area (Å²) in [5.74, 6) is 0. The molecule has 0 fully saturated rings. The number of nitrogens with zero attached hydrogens (tertiary/aromatic N) is 3. The van der Waals surface area contributed by atoms with E-state index in [0.717, 1.165) is 16.7 Å². The molecular weight excluding hydrogens is 591 g/mol. The van der Waals surface area contributed by atoms with Gasteiger partial charge in [-0.15, -0.1) is 11.3 Å². The molecule has 218 valence electrons. The summed E-state index contributed by atoms with van der Waals surface area (Å²) >= 11 is 1.87. The number of hydrogen-bond acceptors (Lipinski definition) is 1. The van der Waals surface area contributed by atoms with Crippen LogP contribution in [0.1, 0.15) is 0 Å². The van der Waals surface area contributed by atoms with Crippen LogP contribution in [0.4, 0.5) is 5.69 Å². The Morgan fingerprint density at radius 3 is 1.68 bits per heavy atom. The minimum absolute atomic E-state index is 0.647. The van der Waals surface area contributed by atoms with Gasteiger partial charge in [0, 0.05) is 42.7 Å². The maximum absolute atomic E-state index is 7.37. The molecule has 0 aliphatic carbocycles. The minimum Gasteiger partial charge on any atom is -0.309 e. The largest absolute Gasteiger partial charge is 0.309 e. The van der Waals surface area contributed by atoms with Crippen LogP contribution >= 0.6 is 11.3 Å². The summed E-state index contributed by atoms with van der Waals surface area (Å²) < 4.78 is 7.37. The Kier molecular flexibility index (Phi) is 5.51. The van der Waals surface area contributed by atoms with Crippen molar-refractivity contribution in [2.45, 2.75) is 0 Å². The molecule has 0 bridgehead atoms. The van der Waals surface area contributed by atoms with E-state index in [0.29, 0.717) is 5.69 Å². The number of rotatable bonds is 3. The van der Waals surface area contributed by atoms with Crippen LogP contribution in [0.25, 0.3) is 91.1 Å². The molecule has 10 aromatic rings. The van der Waals surface area contributed by atoms with Crippen molar-refractivity contribution in [2.24, 2.45) is 0 Å². The molecule has 0 atom stereocenters. The van der Waals surface area contributed by atoms with Crippen molar-refractivity contribution < 1.29 is 0 Å². The Labute approximate surface area is 274 Å². The lowest BCUT2D eigenvalue weighted by molar-refractivity contribution is 1.18. The van der Waals surface area contributed by atoms with Crippen molar-refractivity contribution in [3.8, 4) is 22.5 Å². The van der Waals surface area contributed by atoms with E-state index in [2.05, 4.69) is 141 Å². The van der Waals surface area contributed by atoms with Crippen molar-refractivity contribution in [3.63, 3.8) is 0 Å². The van der Waals surface area contributed by atoms with E-state index in [4.69, 9.17) is 6.57 Å². The lowest BCUT2D eigenvalue weighted by Gasteiger charge is -2.10. The van der Waals surface area contributed by atoms with Gasteiger partial charge in [-0.05, 0) is 71.8 Å². The molecule has 3 heterocycles. The molecule has 47 heavy (non-hydrogen) atoms. The van der Waals surface area contributed by atoms with E-state index in [1.54, 1.807) is 0 Å². The van der Waals surface area contributed by atoms with Crippen LogP contribution < -0.4 is 0 Å². The van der Waals surface area contributed by atoms with Crippen LogP contribution in [-0.2, 0) is 0 Å². The highest BCUT2D eigenvalue weighted by Gasteiger charge is 2.18. The summed E-state index contributed by atoms with van der Waals surface area (Å²) in [5.41, 5.74) is 10.0. The minimum atomic E-state index is 0.647. The third-order valence-electron chi connectivity index (χ3n) is 9.54. The van der Waals surface area contributed by atoms with Crippen LogP contribution in [0.3, 0.4) is 0 Å². The Hall–Kier alpha value is -6.15. The molecule has 0 aliphatic heterocycles. The zero-order chi connectivity index (χ0) is 31.1. The first kappa shape index (κ1) is 26.1. The fourth-order valence-corrected chi connectivity index (χ4v) is 8.63. The SMILES string of the molecule is [C-]#[N+]c1ccc(-n2c3ccccc3c3cc(-c4ccc5c(c4)c4ccccc4n5-c4cccc5c4sc4ccccc45)ccc32)cc1. The predicted molar refractivity (Wildman–Crippen MR) is 200 cm³/mol.